The molecule has 0 saturated heterocycles. The van der Waals surface area contributed by atoms with Crippen LogP contribution in [0.5, 0.6) is 0 Å². The number of hydrogen-bond acceptors (Lipinski definition) is 8. The summed E-state index contributed by atoms with van der Waals surface area (Å²) >= 11 is 2.62. The van der Waals surface area contributed by atoms with Crippen molar-refractivity contribution < 1.29 is 14.7 Å². The van der Waals surface area contributed by atoms with Crippen LogP contribution in [0.2, 0.25) is 0 Å². The Bertz CT molecular complexity index is 1230. The number of aromatic carboxylic acids is 1. The van der Waals surface area contributed by atoms with Crippen molar-refractivity contribution in [2.24, 2.45) is 0 Å². The number of benzene rings is 1. The minimum Gasteiger partial charge on any atom is -0.478 e. The molecule has 0 radical (unpaired) electrons. The predicted molar refractivity (Wildman–Crippen MR) is 119 cm³/mol. The summed E-state index contributed by atoms with van der Waals surface area (Å²) in [6, 6.07) is 11.9. The van der Waals surface area contributed by atoms with Crippen LogP contribution in [0.4, 0.5) is 11.5 Å². The highest BCUT2D eigenvalue weighted by atomic mass is 32.2. The molecule has 154 valence electrons. The topological polar surface area (TPSA) is 153 Å². The van der Waals surface area contributed by atoms with Gasteiger partial charge in [-0.2, -0.15) is 21.9 Å². The van der Waals surface area contributed by atoms with E-state index in [4.69, 9.17) is 10.8 Å². The Hall–Kier alpha value is -3.86. The van der Waals surface area contributed by atoms with Crippen molar-refractivity contribution in [3.8, 4) is 23.3 Å². The standard InChI is InChI=1S/C21H15N5O3S2/c22-9-15-18(13-4-6-30-11-13)16(10-23)20(26-19(15)24)31-7-5-17(27)25-14-3-1-2-12(8-14)21(28)29/h1-4,6,8,11H,5,7H2,(H2,24,26)(H,25,27)(H,28,29). The molecule has 0 saturated carbocycles. The molecule has 0 aliphatic rings. The number of hydrogen-bond donors (Lipinski definition) is 3. The van der Waals surface area contributed by atoms with Crippen molar-refractivity contribution in [3.05, 3.63) is 57.8 Å². The van der Waals surface area contributed by atoms with E-state index in [1.54, 1.807) is 18.2 Å². The van der Waals surface area contributed by atoms with Crippen LogP contribution in [0.15, 0.2) is 46.1 Å². The molecule has 8 nitrogen and oxygen atoms in total. The van der Waals surface area contributed by atoms with Crippen molar-refractivity contribution in [1.82, 2.24) is 4.98 Å². The number of carboxylic acid groups (broad SMARTS) is 1. The summed E-state index contributed by atoms with van der Waals surface area (Å²) in [5, 5.41) is 34.9. The van der Waals surface area contributed by atoms with Gasteiger partial charge in [-0.05, 0) is 40.6 Å². The smallest absolute Gasteiger partial charge is 0.335 e. The van der Waals surface area contributed by atoms with E-state index in [9.17, 15) is 20.1 Å². The maximum atomic E-state index is 12.2. The number of aromatic nitrogens is 1. The minimum absolute atomic E-state index is 0.0279. The number of carboxylic acids is 1. The third-order valence-electron chi connectivity index (χ3n) is 4.19. The highest BCUT2D eigenvalue weighted by molar-refractivity contribution is 7.99. The van der Waals surface area contributed by atoms with Gasteiger partial charge in [0.2, 0.25) is 5.91 Å². The molecule has 3 rings (SSSR count). The lowest BCUT2D eigenvalue weighted by atomic mass is 9.99. The Labute approximate surface area is 186 Å². The van der Waals surface area contributed by atoms with Gasteiger partial charge in [-0.3, -0.25) is 4.79 Å². The zero-order chi connectivity index (χ0) is 22.4. The number of amides is 1. The Morgan fingerprint density at radius 3 is 2.65 bits per heavy atom. The quantitative estimate of drug-likeness (QED) is 0.458. The monoisotopic (exact) mass is 449 g/mol. The first-order chi connectivity index (χ1) is 14.9. The molecule has 1 amide bonds. The Morgan fingerprint density at radius 2 is 2.00 bits per heavy atom. The summed E-state index contributed by atoms with van der Waals surface area (Å²) in [6.45, 7) is 0. The van der Waals surface area contributed by atoms with Gasteiger partial charge in [0.15, 0.2) is 0 Å². The van der Waals surface area contributed by atoms with Gasteiger partial charge in [-0.15, -0.1) is 11.8 Å². The SMILES string of the molecule is N#Cc1c(N)nc(SCCC(=O)Nc2cccc(C(=O)O)c2)c(C#N)c1-c1ccsc1. The normalized spacial score (nSPS) is 10.1. The molecule has 2 aromatic heterocycles. The first kappa shape index (κ1) is 21.8. The molecule has 0 aliphatic carbocycles. The number of pyridine rings is 1. The molecular weight excluding hydrogens is 434 g/mol. The molecule has 3 aromatic rings. The molecule has 0 bridgehead atoms. The van der Waals surface area contributed by atoms with E-state index in [1.165, 1.54) is 35.2 Å². The maximum Gasteiger partial charge on any atom is 0.335 e. The molecule has 0 unspecified atom stereocenters. The Balaban J connectivity index is 1.74. The molecule has 4 N–H and O–H groups in total. The Kier molecular flexibility index (Phi) is 6.88. The number of nitrogens with two attached hydrogens (primary N) is 1. The highest BCUT2D eigenvalue weighted by Gasteiger charge is 2.21. The lowest BCUT2D eigenvalue weighted by Crippen LogP contribution is -2.13. The molecule has 0 atom stereocenters. The van der Waals surface area contributed by atoms with E-state index >= 15 is 0 Å². The summed E-state index contributed by atoms with van der Waals surface area (Å²) in [6.07, 6.45) is 0.0994. The fourth-order valence-corrected chi connectivity index (χ4v) is 4.37. The van der Waals surface area contributed by atoms with Crippen molar-refractivity contribution in [1.29, 1.82) is 10.5 Å². The number of rotatable bonds is 7. The molecule has 2 heterocycles. The number of thiophene rings is 1. The maximum absolute atomic E-state index is 12.2. The predicted octanol–water partition coefficient (Wildman–Crippen LogP) is 3.95. The number of carbonyl (C=O) groups is 2. The number of nitrogen functional groups attached to an aromatic ring is 1. The second-order valence-electron chi connectivity index (χ2n) is 6.20. The second kappa shape index (κ2) is 9.76. The zero-order valence-electron chi connectivity index (χ0n) is 16.0. The van der Waals surface area contributed by atoms with Gasteiger partial charge in [0.05, 0.1) is 11.1 Å². The van der Waals surface area contributed by atoms with Crippen LogP contribution in [0, 0.1) is 22.7 Å². The summed E-state index contributed by atoms with van der Waals surface area (Å²) in [5.41, 5.74) is 7.95. The fraction of sp³-hybridized carbons (Fsp3) is 0.0952. The van der Waals surface area contributed by atoms with Crippen molar-refractivity contribution in [2.75, 3.05) is 16.8 Å². The number of nitriles is 2. The van der Waals surface area contributed by atoms with Crippen LogP contribution < -0.4 is 11.1 Å². The van der Waals surface area contributed by atoms with E-state index in [-0.39, 0.29) is 34.8 Å². The van der Waals surface area contributed by atoms with Crippen LogP contribution in [0.25, 0.3) is 11.1 Å². The molecule has 0 spiro atoms. The van der Waals surface area contributed by atoms with Crippen molar-refractivity contribution >= 4 is 46.5 Å². The first-order valence-electron chi connectivity index (χ1n) is 8.86. The van der Waals surface area contributed by atoms with Crippen LogP contribution >= 0.6 is 23.1 Å². The largest absolute Gasteiger partial charge is 0.478 e. The van der Waals surface area contributed by atoms with Crippen LogP contribution in [0.1, 0.15) is 27.9 Å². The van der Waals surface area contributed by atoms with E-state index in [1.807, 2.05) is 16.8 Å². The third kappa shape index (κ3) is 5.01. The van der Waals surface area contributed by atoms with Gasteiger partial charge in [-0.25, -0.2) is 9.78 Å². The first-order valence-corrected chi connectivity index (χ1v) is 10.8. The third-order valence-corrected chi connectivity index (χ3v) is 5.85. The highest BCUT2D eigenvalue weighted by Crippen LogP contribution is 2.36. The molecular formula is C21H15N5O3S2. The summed E-state index contributed by atoms with van der Waals surface area (Å²) < 4.78 is 0. The average Bonchev–Trinajstić information content (AvgIpc) is 3.28. The second-order valence-corrected chi connectivity index (χ2v) is 8.06. The van der Waals surface area contributed by atoms with E-state index < -0.39 is 5.97 Å². The number of anilines is 2. The number of carbonyl (C=O) groups excluding carboxylic acids is 1. The number of thioether (sulfide) groups is 1. The van der Waals surface area contributed by atoms with Gasteiger partial charge >= 0.3 is 5.97 Å². The fourth-order valence-electron chi connectivity index (χ4n) is 2.79. The molecule has 0 aliphatic heterocycles. The average molecular weight is 450 g/mol. The lowest BCUT2D eigenvalue weighted by Gasteiger charge is -2.12. The Morgan fingerprint density at radius 1 is 1.23 bits per heavy atom. The van der Waals surface area contributed by atoms with E-state index in [0.717, 1.165) is 0 Å². The molecule has 31 heavy (non-hydrogen) atoms. The summed E-state index contributed by atoms with van der Waals surface area (Å²) in [5.74, 6) is -1.06. The minimum atomic E-state index is -1.08. The molecule has 10 heteroatoms. The van der Waals surface area contributed by atoms with Gasteiger partial charge in [-0.1, -0.05) is 6.07 Å². The number of nitrogens with one attached hydrogen (secondary N) is 1. The van der Waals surface area contributed by atoms with E-state index in [2.05, 4.69) is 16.4 Å². The van der Waals surface area contributed by atoms with Gasteiger partial charge < -0.3 is 16.2 Å². The van der Waals surface area contributed by atoms with Crippen LogP contribution in [0.3, 0.4) is 0 Å². The van der Waals surface area contributed by atoms with Gasteiger partial charge in [0.25, 0.3) is 0 Å². The molecule has 0 fully saturated rings. The summed E-state index contributed by atoms with van der Waals surface area (Å²) in [7, 11) is 0. The summed E-state index contributed by atoms with van der Waals surface area (Å²) in [4.78, 5) is 27.5. The van der Waals surface area contributed by atoms with Crippen molar-refractivity contribution in [2.45, 2.75) is 11.4 Å². The van der Waals surface area contributed by atoms with Crippen LogP contribution in [-0.4, -0.2) is 27.7 Å². The zero-order valence-corrected chi connectivity index (χ0v) is 17.6. The lowest BCUT2D eigenvalue weighted by molar-refractivity contribution is -0.115. The van der Waals surface area contributed by atoms with Gasteiger partial charge in [0.1, 0.15) is 28.5 Å². The van der Waals surface area contributed by atoms with E-state index in [0.29, 0.717) is 27.6 Å². The van der Waals surface area contributed by atoms with Crippen molar-refractivity contribution in [3.63, 3.8) is 0 Å². The van der Waals surface area contributed by atoms with Crippen LogP contribution in [-0.2, 0) is 4.79 Å². The number of nitrogens with zero attached hydrogens (tertiary/aromatic N) is 3. The molecule has 1 aromatic carbocycles. The van der Waals surface area contributed by atoms with Gasteiger partial charge in [0, 0.05) is 23.4 Å².